The molecule has 1 N–H and O–H groups in total. The van der Waals surface area contributed by atoms with Gasteiger partial charge in [-0.25, -0.2) is 0 Å². The van der Waals surface area contributed by atoms with Crippen LogP contribution in [-0.2, 0) is 4.10 Å². The van der Waals surface area contributed by atoms with Crippen LogP contribution in [0.3, 0.4) is 0 Å². The van der Waals surface area contributed by atoms with Gasteiger partial charge >= 0.3 is 7.40 Å². The Labute approximate surface area is 71.9 Å². The molecule has 12 heavy (non-hydrogen) atoms. The van der Waals surface area contributed by atoms with Gasteiger partial charge in [0.1, 0.15) is 0 Å². The van der Waals surface area contributed by atoms with Crippen molar-refractivity contribution in [1.82, 2.24) is 4.31 Å². The zero-order chi connectivity index (χ0) is 9.78. The van der Waals surface area contributed by atoms with Gasteiger partial charge in [0.2, 0.25) is 11.3 Å². The van der Waals surface area contributed by atoms with Crippen LogP contribution in [0, 0.1) is 0 Å². The van der Waals surface area contributed by atoms with Crippen molar-refractivity contribution >= 4 is 18.7 Å². The zero-order valence-electron chi connectivity index (χ0n) is 6.84. The first-order valence-electron chi connectivity index (χ1n) is 3.42. The zero-order valence-corrected chi connectivity index (χ0v) is 7.65. The van der Waals surface area contributed by atoms with Crippen LogP contribution in [0.4, 0.5) is 12.1 Å². The molecule has 3 nitrogen and oxygen atoms in total. The van der Waals surface area contributed by atoms with Crippen molar-refractivity contribution in [3.63, 3.8) is 0 Å². The Balaban J connectivity index is 4.14. The molecule has 0 aliphatic rings. The van der Waals surface area contributed by atoms with Gasteiger partial charge in [0.25, 0.3) is 0 Å². The van der Waals surface area contributed by atoms with Gasteiger partial charge in [0.05, 0.1) is 0 Å². The second kappa shape index (κ2) is 4.95. The smallest absolute Gasteiger partial charge is 0.397 e. The lowest BCUT2D eigenvalue weighted by molar-refractivity contribution is 0.307. The van der Waals surface area contributed by atoms with Gasteiger partial charge in [-0.05, 0) is 0 Å². The minimum atomic E-state index is -4.61. The van der Waals surface area contributed by atoms with Gasteiger partial charge in [-0.1, -0.05) is 13.8 Å². The molecule has 74 valence electrons. The van der Waals surface area contributed by atoms with E-state index < -0.39 is 18.7 Å². The summed E-state index contributed by atoms with van der Waals surface area (Å²) in [5.74, 6) is 0. The second-order valence-corrected chi connectivity index (χ2v) is 3.40. The maximum atomic E-state index is 12.7. The Morgan fingerprint density at radius 3 is 2.08 bits per heavy atom. The minimum absolute atomic E-state index is 0.0472. The number of hydrogen-bond donors (Lipinski definition) is 1. The molecule has 0 amide bonds. The topological polar surface area (TPSA) is 32.7 Å². The quantitative estimate of drug-likeness (QED) is 0.693. The van der Waals surface area contributed by atoms with E-state index in [-0.39, 0.29) is 13.1 Å². The van der Waals surface area contributed by atoms with Crippen LogP contribution in [-0.4, -0.2) is 29.8 Å². The fraction of sp³-hybridized carbons (Fsp3) is 1.00. The summed E-state index contributed by atoms with van der Waals surface area (Å²) in [4.78, 5) is 0. The lowest BCUT2D eigenvalue weighted by Gasteiger charge is -2.30. The highest BCUT2D eigenvalue weighted by molar-refractivity contribution is 8.19. The second-order valence-electron chi connectivity index (χ2n) is 1.90. The molecule has 0 aromatic rings. The Morgan fingerprint density at radius 2 is 1.83 bits per heavy atom. The normalized spacial score (nSPS) is 13.6. The summed E-state index contributed by atoms with van der Waals surface area (Å²) < 4.78 is 41.2. The van der Waals surface area contributed by atoms with Crippen LogP contribution < -0.4 is 0 Å². The monoisotopic (exact) mass is 205 g/mol. The first-order chi connectivity index (χ1) is 5.44. The molecule has 0 saturated heterocycles. The highest BCUT2D eigenvalue weighted by Crippen LogP contribution is 2.55. The first-order valence-corrected chi connectivity index (χ1v) is 4.73. The molecule has 0 heterocycles. The Hall–Kier alpha value is 0.0849. The molecule has 0 aliphatic heterocycles. The van der Waals surface area contributed by atoms with E-state index >= 15 is 0 Å². The molecule has 0 atom stereocenters. The van der Waals surface area contributed by atoms with E-state index in [1.54, 1.807) is 0 Å². The van der Waals surface area contributed by atoms with Gasteiger partial charge < -0.3 is 5.02 Å². The van der Waals surface area contributed by atoms with Crippen molar-refractivity contribution in [2.75, 3.05) is 13.1 Å². The lowest BCUT2D eigenvalue weighted by Crippen LogP contribution is -2.27. The van der Waals surface area contributed by atoms with Crippen LogP contribution in [0.5, 0.6) is 0 Å². The number of halogens is 3. The molecule has 0 rings (SSSR count). The van der Waals surface area contributed by atoms with Gasteiger partial charge in [0, 0.05) is 13.1 Å². The molecular formula is C4H11BF3NO2S. The molecule has 0 unspecified atom stereocenters. The molecule has 0 aromatic heterocycles. The average molecular weight is 205 g/mol. The molecule has 0 bridgehead atoms. The van der Waals surface area contributed by atoms with Crippen molar-refractivity contribution in [2.24, 2.45) is 0 Å². The average Bonchev–Trinajstić information content (AvgIpc) is 1.85. The summed E-state index contributed by atoms with van der Waals surface area (Å²) in [7, 11) is -2.92. The number of nitrogens with zero attached hydrogens (tertiary/aromatic N) is 1. The summed E-state index contributed by atoms with van der Waals surface area (Å²) >= 11 is -4.61. The Morgan fingerprint density at radius 1 is 1.42 bits per heavy atom. The largest absolute Gasteiger partial charge is 0.692 e. The molecule has 8 heteroatoms. The molecular weight excluding hydrogens is 194 g/mol. The molecule has 0 fully saturated rings. The van der Waals surface area contributed by atoms with Crippen LogP contribution in [0.1, 0.15) is 13.8 Å². The van der Waals surface area contributed by atoms with E-state index in [1.165, 1.54) is 13.8 Å². The van der Waals surface area contributed by atoms with Crippen molar-refractivity contribution in [2.45, 2.75) is 13.8 Å². The van der Waals surface area contributed by atoms with Crippen LogP contribution in [0.25, 0.3) is 0 Å². The van der Waals surface area contributed by atoms with E-state index in [4.69, 9.17) is 5.02 Å². The predicted octanol–water partition coefficient (Wildman–Crippen LogP) is 1.70. The van der Waals surface area contributed by atoms with E-state index in [0.717, 1.165) is 0 Å². The van der Waals surface area contributed by atoms with E-state index in [1.807, 2.05) is 0 Å². The Bertz CT molecular complexity index is 135. The third kappa shape index (κ3) is 3.66. The first kappa shape index (κ1) is 12.1. The number of rotatable bonds is 5. The standard InChI is InChI=1S/C4H11BF3NO2S/c1-3-9(4-2)12(7,8)11-5(6)10/h10H,3-4H2,1-2H3. The summed E-state index contributed by atoms with van der Waals surface area (Å²) in [5.41, 5.74) is 0. The van der Waals surface area contributed by atoms with Crippen LogP contribution in [0.2, 0.25) is 0 Å². The molecule has 0 aromatic carbocycles. The highest BCUT2D eigenvalue weighted by Gasteiger charge is 2.36. The third-order valence-electron chi connectivity index (χ3n) is 1.20. The lowest BCUT2D eigenvalue weighted by atomic mass is 10.3. The third-order valence-corrected chi connectivity index (χ3v) is 2.71. The molecule has 0 spiro atoms. The highest BCUT2D eigenvalue weighted by atomic mass is 32.3. The van der Waals surface area contributed by atoms with Gasteiger partial charge in [-0.3, -0.25) is 8.42 Å². The molecule has 0 aliphatic carbocycles. The van der Waals surface area contributed by atoms with E-state index in [0.29, 0.717) is 4.31 Å². The van der Waals surface area contributed by atoms with Gasteiger partial charge in [-0.2, -0.15) is 4.31 Å². The van der Waals surface area contributed by atoms with Gasteiger partial charge in [0.15, 0.2) is 0 Å². The molecule has 0 radical (unpaired) electrons. The van der Waals surface area contributed by atoms with Crippen molar-refractivity contribution < 1.29 is 21.2 Å². The summed E-state index contributed by atoms with van der Waals surface area (Å²) in [6, 6.07) is 0. The van der Waals surface area contributed by atoms with Crippen LogP contribution >= 0.6 is 11.3 Å². The van der Waals surface area contributed by atoms with Crippen LogP contribution in [0.15, 0.2) is 0 Å². The fourth-order valence-electron chi connectivity index (χ4n) is 0.681. The van der Waals surface area contributed by atoms with E-state index in [9.17, 15) is 12.1 Å². The van der Waals surface area contributed by atoms with Gasteiger partial charge in [-0.15, -0.1) is 7.77 Å². The summed E-state index contributed by atoms with van der Waals surface area (Å²) in [5, 5.41) is 7.95. The summed E-state index contributed by atoms with van der Waals surface area (Å²) in [6.07, 6.45) is 0. The minimum Gasteiger partial charge on any atom is -0.397 e. The van der Waals surface area contributed by atoms with Crippen molar-refractivity contribution in [3.05, 3.63) is 0 Å². The molecule has 0 saturated carbocycles. The fourth-order valence-corrected chi connectivity index (χ4v) is 1.59. The maximum absolute atomic E-state index is 12.7. The van der Waals surface area contributed by atoms with Crippen molar-refractivity contribution in [1.29, 1.82) is 0 Å². The number of hydrogen-bond acceptors (Lipinski definition) is 3. The van der Waals surface area contributed by atoms with Crippen molar-refractivity contribution in [3.8, 4) is 0 Å². The summed E-state index contributed by atoms with van der Waals surface area (Å²) in [6.45, 7) is 3.09. The van der Waals surface area contributed by atoms with E-state index in [2.05, 4.69) is 4.10 Å². The maximum Gasteiger partial charge on any atom is 0.692 e. The SMILES string of the molecule is CCN(CC)S(F)(F)OB(O)F. The predicted molar refractivity (Wildman–Crippen MR) is 42.9 cm³/mol. The Kier molecular flexibility index (Phi) is 4.99.